The van der Waals surface area contributed by atoms with Crippen molar-refractivity contribution in [1.29, 1.82) is 0 Å². The molecule has 1 N–H and O–H groups in total. The molecule has 1 aromatic heterocycles. The van der Waals surface area contributed by atoms with Crippen molar-refractivity contribution in [1.82, 2.24) is 4.98 Å². The van der Waals surface area contributed by atoms with Crippen molar-refractivity contribution < 1.29 is 9.84 Å². The van der Waals surface area contributed by atoms with Gasteiger partial charge in [0.1, 0.15) is 17.1 Å². The Bertz CT molecular complexity index is 1110. The number of aromatic nitrogens is 1. The second-order valence-electron chi connectivity index (χ2n) is 8.22. The Labute approximate surface area is 165 Å². The topological polar surface area (TPSA) is 42.4 Å². The maximum Gasteiger partial charge on any atom is 0.127 e. The first-order valence-corrected chi connectivity index (χ1v) is 10.1. The molecule has 2 aliphatic rings. The number of hydrogen-bond donors (Lipinski definition) is 1. The number of hydrogen-bond acceptors (Lipinski definition) is 3. The van der Waals surface area contributed by atoms with E-state index in [4.69, 9.17) is 9.72 Å². The lowest BCUT2D eigenvalue weighted by atomic mass is 9.73. The lowest BCUT2D eigenvalue weighted by molar-refractivity contribution is -0.0257. The summed E-state index contributed by atoms with van der Waals surface area (Å²) in [7, 11) is 0. The van der Waals surface area contributed by atoms with Gasteiger partial charge in [0.05, 0.1) is 11.2 Å². The molecule has 1 aliphatic carbocycles. The van der Waals surface area contributed by atoms with E-state index in [0.29, 0.717) is 5.75 Å². The van der Waals surface area contributed by atoms with Crippen molar-refractivity contribution in [2.24, 2.45) is 0 Å². The van der Waals surface area contributed by atoms with E-state index in [1.807, 2.05) is 43.3 Å². The van der Waals surface area contributed by atoms with E-state index < -0.39 is 0 Å². The fourth-order valence-electron chi connectivity index (χ4n) is 4.49. The van der Waals surface area contributed by atoms with Gasteiger partial charge in [-0.25, -0.2) is 4.98 Å². The van der Waals surface area contributed by atoms with Gasteiger partial charge in [0.2, 0.25) is 0 Å². The summed E-state index contributed by atoms with van der Waals surface area (Å²) in [5.74, 6) is 1.36. The van der Waals surface area contributed by atoms with Crippen LogP contribution in [0.3, 0.4) is 0 Å². The monoisotopic (exact) mass is 371 g/mol. The highest BCUT2D eigenvalue weighted by Crippen LogP contribution is 2.49. The number of rotatable bonds is 2. The standard InChI is InChI=1S/C25H25NO2/c1-16-17(2)24-21(12-15-25(28-24)13-5-14-25)20(23(16)27)11-10-19-9-8-18-6-3-4-7-22(18)26-19/h3-4,6-11,27H,5,12-15H2,1-2H3. The summed E-state index contributed by atoms with van der Waals surface area (Å²) in [5.41, 5.74) is 5.89. The van der Waals surface area contributed by atoms with Crippen LogP contribution in [0.5, 0.6) is 11.5 Å². The number of benzene rings is 2. The van der Waals surface area contributed by atoms with Gasteiger partial charge in [0, 0.05) is 16.5 Å². The first-order chi connectivity index (χ1) is 13.6. The molecule has 5 rings (SSSR count). The van der Waals surface area contributed by atoms with Gasteiger partial charge in [-0.15, -0.1) is 0 Å². The number of phenolic OH excluding ortho intramolecular Hbond substituents is 1. The molecule has 0 atom stereocenters. The van der Waals surface area contributed by atoms with Gasteiger partial charge in [0.15, 0.2) is 0 Å². The molecule has 28 heavy (non-hydrogen) atoms. The van der Waals surface area contributed by atoms with Crippen molar-refractivity contribution in [2.75, 3.05) is 0 Å². The Morgan fingerprint density at radius 1 is 1.00 bits per heavy atom. The maximum atomic E-state index is 10.9. The zero-order valence-corrected chi connectivity index (χ0v) is 16.5. The molecule has 1 fully saturated rings. The fourth-order valence-corrected chi connectivity index (χ4v) is 4.49. The number of aromatic hydroxyl groups is 1. The molecule has 0 saturated heterocycles. The Hall–Kier alpha value is -2.81. The molecule has 1 saturated carbocycles. The number of ether oxygens (including phenoxy) is 1. The quantitative estimate of drug-likeness (QED) is 0.603. The molecule has 1 spiro atoms. The Balaban J connectivity index is 1.56. The van der Waals surface area contributed by atoms with E-state index in [2.05, 4.69) is 19.1 Å². The highest BCUT2D eigenvalue weighted by molar-refractivity contribution is 5.82. The summed E-state index contributed by atoms with van der Waals surface area (Å²) in [6.45, 7) is 4.03. The molecule has 1 aliphatic heterocycles. The van der Waals surface area contributed by atoms with E-state index in [1.54, 1.807) is 0 Å². The van der Waals surface area contributed by atoms with Crippen LogP contribution in [0.15, 0.2) is 36.4 Å². The van der Waals surface area contributed by atoms with Crippen molar-refractivity contribution in [3.8, 4) is 11.5 Å². The predicted octanol–water partition coefficient (Wildman–Crippen LogP) is 5.98. The largest absolute Gasteiger partial charge is 0.507 e. The van der Waals surface area contributed by atoms with Crippen molar-refractivity contribution in [2.45, 2.75) is 51.6 Å². The first-order valence-electron chi connectivity index (χ1n) is 10.1. The average Bonchev–Trinajstić information content (AvgIpc) is 2.70. The van der Waals surface area contributed by atoms with Gasteiger partial charge in [-0.2, -0.15) is 0 Å². The summed E-state index contributed by atoms with van der Waals surface area (Å²) < 4.78 is 6.51. The number of pyridine rings is 1. The van der Waals surface area contributed by atoms with Gasteiger partial charge in [-0.3, -0.25) is 0 Å². The Kier molecular flexibility index (Phi) is 3.94. The Morgan fingerprint density at radius 2 is 1.82 bits per heavy atom. The smallest absolute Gasteiger partial charge is 0.127 e. The summed E-state index contributed by atoms with van der Waals surface area (Å²) in [5, 5.41) is 12.0. The first kappa shape index (κ1) is 17.3. The average molecular weight is 371 g/mol. The van der Waals surface area contributed by atoms with Crippen LogP contribution in [-0.2, 0) is 6.42 Å². The van der Waals surface area contributed by atoms with Gasteiger partial charge in [0.25, 0.3) is 0 Å². The summed E-state index contributed by atoms with van der Waals surface area (Å²) in [4.78, 5) is 4.72. The zero-order valence-electron chi connectivity index (χ0n) is 16.5. The summed E-state index contributed by atoms with van der Waals surface area (Å²) in [6, 6.07) is 12.2. The van der Waals surface area contributed by atoms with E-state index in [-0.39, 0.29) is 5.60 Å². The predicted molar refractivity (Wildman–Crippen MR) is 114 cm³/mol. The molecular weight excluding hydrogens is 346 g/mol. The van der Waals surface area contributed by atoms with Crippen LogP contribution >= 0.6 is 0 Å². The lowest BCUT2D eigenvalue weighted by Crippen LogP contribution is -2.46. The molecule has 142 valence electrons. The van der Waals surface area contributed by atoms with Gasteiger partial charge in [-0.1, -0.05) is 24.3 Å². The van der Waals surface area contributed by atoms with Gasteiger partial charge in [-0.05, 0) is 81.4 Å². The normalized spacial score (nSPS) is 17.5. The maximum absolute atomic E-state index is 10.9. The lowest BCUT2D eigenvalue weighted by Gasteiger charge is -2.46. The highest BCUT2D eigenvalue weighted by Gasteiger charge is 2.43. The summed E-state index contributed by atoms with van der Waals surface area (Å²) in [6.07, 6.45) is 9.54. The molecule has 3 nitrogen and oxygen atoms in total. The second kappa shape index (κ2) is 6.37. The number of para-hydroxylation sites is 1. The van der Waals surface area contributed by atoms with E-state index in [1.165, 1.54) is 6.42 Å². The third-order valence-electron chi connectivity index (χ3n) is 6.57. The van der Waals surface area contributed by atoms with Crippen LogP contribution in [0.2, 0.25) is 0 Å². The Morgan fingerprint density at radius 3 is 2.61 bits per heavy atom. The summed E-state index contributed by atoms with van der Waals surface area (Å²) >= 11 is 0. The SMILES string of the molecule is Cc1c(C)c2c(c(C=Cc3ccc4ccccc4n3)c1O)CCC1(CCC1)O2. The third kappa shape index (κ3) is 2.69. The highest BCUT2D eigenvalue weighted by atomic mass is 16.5. The minimum Gasteiger partial charge on any atom is -0.507 e. The van der Waals surface area contributed by atoms with Crippen LogP contribution in [0.25, 0.3) is 23.1 Å². The van der Waals surface area contributed by atoms with Gasteiger partial charge < -0.3 is 9.84 Å². The number of phenols is 1. The third-order valence-corrected chi connectivity index (χ3v) is 6.57. The molecular formula is C25H25NO2. The van der Waals surface area contributed by atoms with Crippen molar-refractivity contribution in [3.63, 3.8) is 0 Å². The number of fused-ring (bicyclic) bond motifs is 2. The van der Waals surface area contributed by atoms with Crippen molar-refractivity contribution >= 4 is 23.1 Å². The molecule has 0 bridgehead atoms. The molecule has 3 aromatic rings. The minimum atomic E-state index is 0.0437. The van der Waals surface area contributed by atoms with Crippen LogP contribution in [0.4, 0.5) is 0 Å². The van der Waals surface area contributed by atoms with Crippen LogP contribution in [0.1, 0.15) is 53.6 Å². The number of nitrogens with zero attached hydrogens (tertiary/aromatic N) is 1. The molecule has 2 heterocycles. The van der Waals surface area contributed by atoms with Gasteiger partial charge >= 0.3 is 0 Å². The molecule has 3 heteroatoms. The second-order valence-corrected chi connectivity index (χ2v) is 8.22. The zero-order chi connectivity index (χ0) is 19.3. The van der Waals surface area contributed by atoms with E-state index >= 15 is 0 Å². The van der Waals surface area contributed by atoms with Crippen LogP contribution < -0.4 is 4.74 Å². The van der Waals surface area contributed by atoms with Crippen molar-refractivity contribution in [3.05, 3.63) is 64.3 Å². The fraction of sp³-hybridized carbons (Fsp3) is 0.320. The van der Waals surface area contributed by atoms with Crippen LogP contribution in [-0.4, -0.2) is 15.7 Å². The molecule has 0 amide bonds. The molecule has 0 radical (unpaired) electrons. The van der Waals surface area contributed by atoms with Crippen LogP contribution in [0, 0.1) is 13.8 Å². The molecule has 0 unspecified atom stereocenters. The molecule has 2 aromatic carbocycles. The minimum absolute atomic E-state index is 0.0437. The van der Waals surface area contributed by atoms with E-state index in [0.717, 1.165) is 70.3 Å². The van der Waals surface area contributed by atoms with E-state index in [9.17, 15) is 5.11 Å².